The molecule has 1 aromatic rings. The molecule has 0 spiro atoms. The van der Waals surface area contributed by atoms with Crippen molar-refractivity contribution in [3.05, 3.63) is 35.9 Å². The molecule has 1 amide bonds. The van der Waals surface area contributed by atoms with E-state index in [1.165, 1.54) is 6.08 Å². The molecule has 22 heterocycles. The SMILES string of the molecule is Nc1ccc(/C=C/C(=O)NC[C@H]2O[C@@H]3O[C@H]4[C@H](O)[C@@H](O)[C@@H](O[C@H]5[C@H](O)[C@@H](O)[C@@H](O[C@H]6[C@H](O)[C@@H](O)[C@@H](O[C@H]7[C@H](O)[C@@H](O)[C@@H](O[C@H]8[C@H](O)[C@@H](O)[C@@H](O[C@H]2[C@H](O)[C@H]3O)O[C@@H]8CO)O[C@@H]7CO)O[C@@H]6CO)O[C@@H]5CO)O[C@@H]4CO)cc1. The lowest BCUT2D eigenvalue weighted by Gasteiger charge is -2.50. The maximum atomic E-state index is 13.1. The van der Waals surface area contributed by atoms with Gasteiger partial charge in [0.2, 0.25) is 5.91 Å². The van der Waals surface area contributed by atoms with Gasteiger partial charge >= 0.3 is 0 Å². The molecule has 22 aliphatic heterocycles. The minimum Gasteiger partial charge on any atom is -0.399 e. The van der Waals surface area contributed by atoms with Gasteiger partial charge in [-0.2, -0.15) is 0 Å². The van der Waals surface area contributed by atoms with Crippen molar-refractivity contribution >= 4 is 17.7 Å². The zero-order chi connectivity index (χ0) is 55.7. The average molecular weight is 1120 g/mol. The summed E-state index contributed by atoms with van der Waals surface area (Å²) in [6, 6.07) is 6.41. The maximum absolute atomic E-state index is 13.1. The van der Waals surface area contributed by atoms with Crippen LogP contribution in [0.15, 0.2) is 30.3 Å². The summed E-state index contributed by atoms with van der Waals surface area (Å²) in [7, 11) is 0. The number of carbonyl (C=O) groups is 1. The van der Waals surface area contributed by atoms with E-state index in [2.05, 4.69) is 5.32 Å². The number of nitrogens with one attached hydrogen (secondary N) is 1. The maximum Gasteiger partial charge on any atom is 0.244 e. The minimum absolute atomic E-state index is 0.458. The molecule has 1 aromatic carbocycles. The molecule has 32 heteroatoms. The summed E-state index contributed by atoms with van der Waals surface area (Å²) in [6.45, 7) is -5.71. The second-order valence-electron chi connectivity index (χ2n) is 19.4. The Labute approximate surface area is 436 Å². The first kappa shape index (κ1) is 60.2. The van der Waals surface area contributed by atoms with Gasteiger partial charge < -0.3 is 155 Å². The number of hydrogen-bond acceptors (Lipinski definition) is 31. The molecular formula is C45H68N2O30. The Hall–Kier alpha value is -2.93. The second-order valence-corrected chi connectivity index (χ2v) is 19.4. The highest BCUT2D eigenvalue weighted by Crippen LogP contribution is 2.38. The Kier molecular flexibility index (Phi) is 20.2. The zero-order valence-electron chi connectivity index (χ0n) is 40.5. The highest BCUT2D eigenvalue weighted by molar-refractivity contribution is 5.91. The quantitative estimate of drug-likeness (QED) is 0.0806. The average Bonchev–Trinajstić information content (AvgIpc) is 3.42. The van der Waals surface area contributed by atoms with E-state index in [1.807, 2.05) is 0 Å². The first-order chi connectivity index (χ1) is 36.7. The van der Waals surface area contributed by atoms with Crippen LogP contribution in [0, 0.1) is 0 Å². The highest BCUT2D eigenvalue weighted by Gasteiger charge is 2.58. The predicted molar refractivity (Wildman–Crippen MR) is 242 cm³/mol. The van der Waals surface area contributed by atoms with Gasteiger partial charge in [-0.1, -0.05) is 12.1 Å². The summed E-state index contributed by atoms with van der Waals surface area (Å²) < 4.78 is 69.3. The number of hydrogen-bond donors (Lipinski definition) is 19. The Morgan fingerprint density at radius 1 is 0.377 bits per heavy atom. The van der Waals surface area contributed by atoms with Crippen molar-refractivity contribution in [2.45, 2.75) is 184 Å². The first-order valence-electron chi connectivity index (χ1n) is 24.6. The molecule has 22 saturated heterocycles. The lowest BCUT2D eigenvalue weighted by atomic mass is 9.94. The summed E-state index contributed by atoms with van der Waals surface area (Å²) in [5, 5.41) is 191. The van der Waals surface area contributed by atoms with Gasteiger partial charge in [0.05, 0.1) is 33.0 Å². The minimum atomic E-state index is -2.20. The molecule has 0 aromatic heterocycles. The molecule has 22 aliphatic rings. The van der Waals surface area contributed by atoms with Crippen LogP contribution < -0.4 is 11.1 Å². The molecule has 0 saturated carbocycles. The van der Waals surface area contributed by atoms with Gasteiger partial charge in [-0.15, -0.1) is 0 Å². The third-order valence-electron chi connectivity index (χ3n) is 14.3. The number of anilines is 1. The topological polar surface area (TPSA) is 510 Å². The molecule has 0 unspecified atom stereocenters. The molecule has 32 nitrogen and oxygen atoms in total. The molecular weight excluding hydrogens is 1050 g/mol. The van der Waals surface area contributed by atoms with Crippen molar-refractivity contribution in [2.24, 2.45) is 0 Å². The highest BCUT2D eigenvalue weighted by atomic mass is 16.8. The number of amides is 1. The molecule has 77 heavy (non-hydrogen) atoms. The third kappa shape index (κ3) is 12.6. The number of carbonyl (C=O) groups excluding carboxylic acids is 1. The van der Waals surface area contributed by atoms with Gasteiger partial charge in [0.1, 0.15) is 146 Å². The Balaban J connectivity index is 1.10. The van der Waals surface area contributed by atoms with E-state index in [-0.39, 0.29) is 0 Å². The van der Waals surface area contributed by atoms with E-state index >= 15 is 0 Å². The van der Waals surface area contributed by atoms with E-state index in [0.717, 1.165) is 6.08 Å². The van der Waals surface area contributed by atoms with Crippen molar-refractivity contribution in [3.8, 4) is 0 Å². The van der Waals surface area contributed by atoms with Crippen LogP contribution in [0.25, 0.3) is 6.08 Å². The van der Waals surface area contributed by atoms with Gasteiger partial charge in [0.15, 0.2) is 37.7 Å². The standard InChI is InChI=1S/C45H68N2O30/c46-14-4-1-13(2-5-14)3-6-21(53)47-7-15-34-22(54)28(60)40(66-15)73-35-16(8-48)68-42(30(62)24(35)56)75-37-18(10-50)70-44(32(64)26(37)58)77-39-20(12-52)71-45(33(65)27(39)59)76-38-19(11-51)69-43(31(63)25(38)57)74-36-17(9-49)67-41(72-34)29(61)23(36)55/h1-6,15-20,22-45,48-52,54-65H,7-12,46H2,(H,47,53)/b6-3+/t15-,16-,17-,18-,19-,20-,22-,23-,24-,25-,26-,27-,28-,29-,30-,31-,32-,33-,34-,35-,36-,37-,38-,39-,40-,41-,42-,43-,44-,45-/m1/s1. The fraction of sp³-hybridized carbons (Fsp3) is 0.800. The van der Waals surface area contributed by atoms with Crippen molar-refractivity contribution < 1.29 is 148 Å². The number of nitrogens with two attached hydrogens (primary N) is 1. The molecule has 22 fully saturated rings. The van der Waals surface area contributed by atoms with Crippen LogP contribution in [0.1, 0.15) is 5.56 Å². The lowest BCUT2D eigenvalue weighted by molar-refractivity contribution is -0.403. The van der Waals surface area contributed by atoms with Crippen LogP contribution in [0.5, 0.6) is 0 Å². The molecule has 12 bridgehead atoms. The number of aliphatic hydroxyl groups is 17. The van der Waals surface area contributed by atoms with Crippen LogP contribution in [-0.4, -0.2) is 317 Å². The monoisotopic (exact) mass is 1120 g/mol. The Bertz CT molecular complexity index is 2060. The smallest absolute Gasteiger partial charge is 0.244 e. The molecule has 30 atom stereocenters. The van der Waals surface area contributed by atoms with E-state index in [9.17, 15) is 91.6 Å². The summed E-state index contributed by atoms with van der Waals surface area (Å²) in [6.07, 6.45) is -57.0. The van der Waals surface area contributed by atoms with Crippen LogP contribution in [0.4, 0.5) is 5.69 Å². The summed E-state index contributed by atoms with van der Waals surface area (Å²) in [4.78, 5) is 13.1. The normalized spacial score (nSPS) is 49.1. The number of benzene rings is 1. The van der Waals surface area contributed by atoms with Crippen molar-refractivity contribution in [3.63, 3.8) is 0 Å². The third-order valence-corrected chi connectivity index (χ3v) is 14.3. The number of aliphatic hydroxyl groups excluding tert-OH is 17. The van der Waals surface area contributed by atoms with Gasteiger partial charge in [0, 0.05) is 18.3 Å². The number of ether oxygens (including phenoxy) is 12. The molecule has 20 N–H and O–H groups in total. The fourth-order valence-electron chi connectivity index (χ4n) is 9.98. The van der Waals surface area contributed by atoms with Crippen LogP contribution in [0.2, 0.25) is 0 Å². The number of nitrogen functional groups attached to an aromatic ring is 1. The van der Waals surface area contributed by atoms with E-state index in [1.54, 1.807) is 24.3 Å². The van der Waals surface area contributed by atoms with E-state index < -0.39 is 230 Å². The molecule has 0 aliphatic carbocycles. The molecule has 0 radical (unpaired) electrons. The van der Waals surface area contributed by atoms with Gasteiger partial charge in [-0.05, 0) is 23.8 Å². The zero-order valence-corrected chi connectivity index (χ0v) is 40.5. The van der Waals surface area contributed by atoms with Crippen LogP contribution in [-0.2, 0) is 61.6 Å². The predicted octanol–water partition coefficient (Wildman–Crippen LogP) is -11.6. The summed E-state index contributed by atoms with van der Waals surface area (Å²) in [5.41, 5.74) is 6.77. The van der Waals surface area contributed by atoms with E-state index in [0.29, 0.717) is 11.3 Å². The largest absolute Gasteiger partial charge is 0.399 e. The van der Waals surface area contributed by atoms with Crippen LogP contribution in [0.3, 0.4) is 0 Å². The molecule has 23 rings (SSSR count). The summed E-state index contributed by atoms with van der Waals surface area (Å²) in [5.74, 6) is -0.751. The fourth-order valence-corrected chi connectivity index (χ4v) is 9.98. The Morgan fingerprint density at radius 3 is 0.857 bits per heavy atom. The second kappa shape index (κ2) is 25.9. The Morgan fingerprint density at radius 2 is 0.610 bits per heavy atom. The lowest BCUT2D eigenvalue weighted by Crippen LogP contribution is -2.69. The van der Waals surface area contributed by atoms with Crippen molar-refractivity contribution in [1.29, 1.82) is 0 Å². The van der Waals surface area contributed by atoms with Gasteiger partial charge in [-0.25, -0.2) is 0 Å². The van der Waals surface area contributed by atoms with E-state index in [4.69, 9.17) is 62.6 Å². The van der Waals surface area contributed by atoms with Crippen molar-refractivity contribution in [1.82, 2.24) is 5.32 Å². The van der Waals surface area contributed by atoms with Crippen LogP contribution >= 0.6 is 0 Å². The van der Waals surface area contributed by atoms with Gasteiger partial charge in [0.25, 0.3) is 0 Å². The van der Waals surface area contributed by atoms with Crippen molar-refractivity contribution in [2.75, 3.05) is 45.3 Å². The first-order valence-corrected chi connectivity index (χ1v) is 24.6. The van der Waals surface area contributed by atoms with Gasteiger partial charge in [-0.3, -0.25) is 4.79 Å². The summed E-state index contributed by atoms with van der Waals surface area (Å²) >= 11 is 0. The molecule has 438 valence electrons. The number of rotatable bonds is 9.